The minimum atomic E-state index is 0.153. The van der Waals surface area contributed by atoms with Crippen molar-refractivity contribution in [3.8, 4) is 0 Å². The van der Waals surface area contributed by atoms with Gasteiger partial charge in [-0.25, -0.2) is 0 Å². The second-order valence-electron chi connectivity index (χ2n) is 4.16. The lowest BCUT2D eigenvalue weighted by molar-refractivity contribution is -0.122. The van der Waals surface area contributed by atoms with Gasteiger partial charge in [0.05, 0.1) is 0 Å². The van der Waals surface area contributed by atoms with E-state index in [4.69, 9.17) is 5.73 Å². The fourth-order valence-electron chi connectivity index (χ4n) is 2.02. The Bertz CT molecular complexity index is 387. The first-order valence-electron chi connectivity index (χ1n) is 5.29. The highest BCUT2D eigenvalue weighted by molar-refractivity contribution is 5.77. The van der Waals surface area contributed by atoms with Crippen molar-refractivity contribution in [3.63, 3.8) is 0 Å². The van der Waals surface area contributed by atoms with Crippen LogP contribution in [0.25, 0.3) is 0 Å². The van der Waals surface area contributed by atoms with E-state index in [1.165, 1.54) is 5.56 Å². The van der Waals surface area contributed by atoms with Crippen molar-refractivity contribution in [2.45, 2.75) is 25.7 Å². The molecule has 1 amide bonds. The van der Waals surface area contributed by atoms with Crippen molar-refractivity contribution in [2.75, 3.05) is 12.3 Å². The van der Waals surface area contributed by atoms with Crippen LogP contribution in [0.15, 0.2) is 18.2 Å². The number of rotatable bonds is 1. The summed E-state index contributed by atoms with van der Waals surface area (Å²) in [6, 6.07) is 6.06. The molecule has 2 rings (SSSR count). The van der Waals surface area contributed by atoms with E-state index in [0.29, 0.717) is 12.3 Å². The summed E-state index contributed by atoms with van der Waals surface area (Å²) < 4.78 is 0. The Labute approximate surface area is 89.7 Å². The van der Waals surface area contributed by atoms with E-state index in [0.717, 1.165) is 24.2 Å². The second-order valence-corrected chi connectivity index (χ2v) is 4.16. The molecule has 0 aliphatic carbocycles. The number of hydrogen-bond donors (Lipinski definition) is 2. The highest BCUT2D eigenvalue weighted by Crippen LogP contribution is 2.27. The minimum absolute atomic E-state index is 0.153. The van der Waals surface area contributed by atoms with Gasteiger partial charge in [0.25, 0.3) is 0 Å². The van der Waals surface area contributed by atoms with Crippen LogP contribution >= 0.6 is 0 Å². The smallest absolute Gasteiger partial charge is 0.220 e. The summed E-state index contributed by atoms with van der Waals surface area (Å²) in [6.45, 7) is 2.79. The standard InChI is InChI=1S/C12H16N2O/c1-8-6-9(2-3-11(8)13)10-4-5-14-12(15)7-10/h2-3,6,10H,4-5,7,13H2,1H3,(H,14,15)/t10-/m1/s1. The second kappa shape index (κ2) is 3.93. The molecule has 1 aliphatic rings. The largest absolute Gasteiger partial charge is 0.399 e. The Morgan fingerprint density at radius 3 is 2.93 bits per heavy atom. The van der Waals surface area contributed by atoms with Gasteiger partial charge in [0.1, 0.15) is 0 Å². The first kappa shape index (κ1) is 10.0. The predicted molar refractivity (Wildman–Crippen MR) is 60.6 cm³/mol. The van der Waals surface area contributed by atoms with E-state index in [9.17, 15) is 4.79 Å². The van der Waals surface area contributed by atoms with E-state index in [2.05, 4.69) is 11.4 Å². The SMILES string of the molecule is Cc1cc([C@@H]2CCNC(=O)C2)ccc1N. The lowest BCUT2D eigenvalue weighted by atomic mass is 9.89. The molecule has 3 heteroatoms. The summed E-state index contributed by atoms with van der Waals surface area (Å²) in [7, 11) is 0. The Balaban J connectivity index is 2.21. The van der Waals surface area contributed by atoms with Crippen LogP contribution in [-0.2, 0) is 4.79 Å². The zero-order valence-electron chi connectivity index (χ0n) is 8.92. The minimum Gasteiger partial charge on any atom is -0.399 e. The molecule has 0 spiro atoms. The first-order chi connectivity index (χ1) is 7.16. The summed E-state index contributed by atoms with van der Waals surface area (Å²) in [6.07, 6.45) is 1.62. The molecular formula is C12H16N2O. The number of amides is 1. The molecule has 3 nitrogen and oxygen atoms in total. The van der Waals surface area contributed by atoms with E-state index in [-0.39, 0.29) is 5.91 Å². The van der Waals surface area contributed by atoms with E-state index in [1.807, 2.05) is 19.1 Å². The van der Waals surface area contributed by atoms with Crippen molar-refractivity contribution in [1.82, 2.24) is 5.32 Å². The summed E-state index contributed by atoms with van der Waals surface area (Å²) in [5.74, 6) is 0.513. The fourth-order valence-corrected chi connectivity index (χ4v) is 2.02. The van der Waals surface area contributed by atoms with Crippen LogP contribution in [0.2, 0.25) is 0 Å². The van der Waals surface area contributed by atoms with Crippen molar-refractivity contribution in [1.29, 1.82) is 0 Å². The first-order valence-corrected chi connectivity index (χ1v) is 5.29. The summed E-state index contributed by atoms with van der Waals surface area (Å²) in [5.41, 5.74) is 8.91. The number of nitrogens with two attached hydrogens (primary N) is 1. The fraction of sp³-hybridized carbons (Fsp3) is 0.417. The normalized spacial score (nSPS) is 21.1. The highest BCUT2D eigenvalue weighted by atomic mass is 16.1. The summed E-state index contributed by atoms with van der Waals surface area (Å²) in [5, 5.41) is 2.84. The maximum atomic E-state index is 11.3. The number of carbonyl (C=O) groups is 1. The van der Waals surface area contributed by atoms with Crippen molar-refractivity contribution in [3.05, 3.63) is 29.3 Å². The molecule has 1 heterocycles. The van der Waals surface area contributed by atoms with Gasteiger partial charge in [-0.1, -0.05) is 12.1 Å². The van der Waals surface area contributed by atoms with Crippen LogP contribution in [-0.4, -0.2) is 12.5 Å². The third kappa shape index (κ3) is 2.12. The Hall–Kier alpha value is -1.51. The van der Waals surface area contributed by atoms with E-state index < -0.39 is 0 Å². The lowest BCUT2D eigenvalue weighted by Crippen LogP contribution is -2.32. The third-order valence-corrected chi connectivity index (χ3v) is 3.01. The van der Waals surface area contributed by atoms with Crippen molar-refractivity contribution < 1.29 is 4.79 Å². The van der Waals surface area contributed by atoms with E-state index in [1.54, 1.807) is 0 Å². The van der Waals surface area contributed by atoms with Crippen LogP contribution in [0.3, 0.4) is 0 Å². The number of nitrogens with one attached hydrogen (secondary N) is 1. The van der Waals surface area contributed by atoms with Crippen LogP contribution in [0.4, 0.5) is 5.69 Å². The zero-order valence-corrected chi connectivity index (χ0v) is 8.92. The molecule has 0 aromatic heterocycles. The lowest BCUT2D eigenvalue weighted by Gasteiger charge is -2.22. The molecule has 0 unspecified atom stereocenters. The van der Waals surface area contributed by atoms with Gasteiger partial charge in [-0.05, 0) is 36.5 Å². The molecule has 0 radical (unpaired) electrons. The number of benzene rings is 1. The molecule has 1 aromatic carbocycles. The number of hydrogen-bond acceptors (Lipinski definition) is 2. The molecule has 3 N–H and O–H groups in total. The number of anilines is 1. The van der Waals surface area contributed by atoms with Crippen molar-refractivity contribution in [2.24, 2.45) is 0 Å². The van der Waals surface area contributed by atoms with Gasteiger partial charge in [0.15, 0.2) is 0 Å². The molecular weight excluding hydrogens is 188 g/mol. The molecule has 0 bridgehead atoms. The van der Waals surface area contributed by atoms with Gasteiger partial charge >= 0.3 is 0 Å². The molecule has 1 fully saturated rings. The topological polar surface area (TPSA) is 55.1 Å². The van der Waals surface area contributed by atoms with Crippen LogP contribution in [0, 0.1) is 6.92 Å². The molecule has 80 valence electrons. The maximum Gasteiger partial charge on any atom is 0.220 e. The van der Waals surface area contributed by atoms with Crippen LogP contribution in [0.1, 0.15) is 29.9 Å². The number of nitrogen functional groups attached to an aromatic ring is 1. The summed E-state index contributed by atoms with van der Waals surface area (Å²) >= 11 is 0. The van der Waals surface area contributed by atoms with Crippen molar-refractivity contribution >= 4 is 11.6 Å². The number of piperidine rings is 1. The van der Waals surface area contributed by atoms with Gasteiger partial charge in [0.2, 0.25) is 5.91 Å². The Morgan fingerprint density at radius 1 is 1.47 bits per heavy atom. The van der Waals surface area contributed by atoms with Crippen LogP contribution < -0.4 is 11.1 Å². The average Bonchev–Trinajstić information content (AvgIpc) is 2.22. The number of aryl methyl sites for hydroxylation is 1. The van der Waals surface area contributed by atoms with E-state index >= 15 is 0 Å². The Morgan fingerprint density at radius 2 is 2.27 bits per heavy atom. The number of carbonyl (C=O) groups excluding carboxylic acids is 1. The molecule has 15 heavy (non-hydrogen) atoms. The zero-order chi connectivity index (χ0) is 10.8. The summed E-state index contributed by atoms with van der Waals surface area (Å²) in [4.78, 5) is 11.3. The van der Waals surface area contributed by atoms with Gasteiger partial charge in [-0.2, -0.15) is 0 Å². The van der Waals surface area contributed by atoms with Gasteiger partial charge in [-0.3, -0.25) is 4.79 Å². The Kier molecular flexibility index (Phi) is 2.62. The molecule has 0 saturated carbocycles. The monoisotopic (exact) mass is 204 g/mol. The molecule has 1 aliphatic heterocycles. The molecule has 1 atom stereocenters. The maximum absolute atomic E-state index is 11.3. The molecule has 1 saturated heterocycles. The average molecular weight is 204 g/mol. The van der Waals surface area contributed by atoms with Gasteiger partial charge in [-0.15, -0.1) is 0 Å². The predicted octanol–water partition coefficient (Wildman–Crippen LogP) is 1.57. The molecule has 1 aromatic rings. The third-order valence-electron chi connectivity index (χ3n) is 3.01. The van der Waals surface area contributed by atoms with Crippen LogP contribution in [0.5, 0.6) is 0 Å². The quantitative estimate of drug-likeness (QED) is 0.682. The van der Waals surface area contributed by atoms with Gasteiger partial charge < -0.3 is 11.1 Å². The van der Waals surface area contributed by atoms with Gasteiger partial charge in [0, 0.05) is 18.7 Å². The highest BCUT2D eigenvalue weighted by Gasteiger charge is 2.20.